The van der Waals surface area contributed by atoms with Gasteiger partial charge in [0.2, 0.25) is 0 Å². The summed E-state index contributed by atoms with van der Waals surface area (Å²) in [5.41, 5.74) is -1.18. The highest BCUT2D eigenvalue weighted by atomic mass is 16.6. The average molecular weight is 298 g/mol. The number of carbonyl (C=O) groups is 2. The van der Waals surface area contributed by atoms with Crippen LogP contribution in [0.1, 0.15) is 67.2 Å². The molecular formula is C17H30O4. The van der Waals surface area contributed by atoms with Crippen LogP contribution in [0, 0.1) is 11.3 Å². The van der Waals surface area contributed by atoms with Crippen molar-refractivity contribution in [1.82, 2.24) is 0 Å². The van der Waals surface area contributed by atoms with Gasteiger partial charge < -0.3 is 9.47 Å². The summed E-state index contributed by atoms with van der Waals surface area (Å²) in [6.07, 6.45) is 3.19. The van der Waals surface area contributed by atoms with E-state index in [1.54, 1.807) is 34.8 Å². The van der Waals surface area contributed by atoms with E-state index in [-0.39, 0.29) is 11.2 Å². The van der Waals surface area contributed by atoms with Gasteiger partial charge in [0, 0.05) is 7.11 Å². The van der Waals surface area contributed by atoms with E-state index in [1.165, 1.54) is 0 Å². The van der Waals surface area contributed by atoms with Crippen molar-refractivity contribution in [3.05, 3.63) is 0 Å². The van der Waals surface area contributed by atoms with Crippen molar-refractivity contribution in [3.63, 3.8) is 0 Å². The zero-order valence-electron chi connectivity index (χ0n) is 14.5. The van der Waals surface area contributed by atoms with Gasteiger partial charge in [0.25, 0.3) is 0 Å². The maximum absolute atomic E-state index is 12.8. The third-order valence-electron chi connectivity index (χ3n) is 4.40. The summed E-state index contributed by atoms with van der Waals surface area (Å²) in [7, 11) is 1.57. The van der Waals surface area contributed by atoms with E-state index in [1.807, 2.05) is 0 Å². The number of esters is 1. The highest BCUT2D eigenvalue weighted by Crippen LogP contribution is 2.43. The molecule has 1 saturated carbocycles. The van der Waals surface area contributed by atoms with Gasteiger partial charge in [-0.3, -0.25) is 9.59 Å². The number of rotatable bonds is 4. The van der Waals surface area contributed by atoms with Crippen LogP contribution in [0.3, 0.4) is 0 Å². The molecule has 4 nitrogen and oxygen atoms in total. The van der Waals surface area contributed by atoms with Crippen molar-refractivity contribution >= 4 is 11.8 Å². The molecule has 1 fully saturated rings. The lowest BCUT2D eigenvalue weighted by Crippen LogP contribution is -2.50. The topological polar surface area (TPSA) is 52.6 Å². The summed E-state index contributed by atoms with van der Waals surface area (Å²) >= 11 is 0. The second-order valence-electron chi connectivity index (χ2n) is 7.98. The summed E-state index contributed by atoms with van der Waals surface area (Å²) in [5, 5.41) is 0. The molecule has 4 heteroatoms. The van der Waals surface area contributed by atoms with E-state index in [0.717, 1.165) is 12.8 Å². The Morgan fingerprint density at radius 1 is 1.05 bits per heavy atom. The minimum Gasteiger partial charge on any atom is -0.459 e. The molecule has 0 amide bonds. The predicted molar refractivity (Wildman–Crippen MR) is 82.0 cm³/mol. The Bertz CT molecular complexity index is 394. The highest BCUT2D eigenvalue weighted by Gasteiger charge is 2.47. The Hall–Kier alpha value is -0.900. The second kappa shape index (κ2) is 6.07. The number of ketones is 1. The molecule has 1 aliphatic rings. The Labute approximate surface area is 128 Å². The molecule has 0 bridgehead atoms. The van der Waals surface area contributed by atoms with E-state index >= 15 is 0 Å². The maximum Gasteiger partial charge on any atom is 0.316 e. The lowest BCUT2D eigenvalue weighted by molar-refractivity contribution is -0.169. The third-order valence-corrected chi connectivity index (χ3v) is 4.40. The lowest BCUT2D eigenvalue weighted by Gasteiger charge is -2.42. The van der Waals surface area contributed by atoms with E-state index in [0.29, 0.717) is 12.8 Å². The Morgan fingerprint density at radius 3 is 1.90 bits per heavy atom. The molecule has 0 aliphatic heterocycles. The molecule has 0 aromatic heterocycles. The summed E-state index contributed by atoms with van der Waals surface area (Å²) in [4.78, 5) is 24.9. The van der Waals surface area contributed by atoms with E-state index in [2.05, 4.69) is 13.8 Å². The summed E-state index contributed by atoms with van der Waals surface area (Å²) in [5.74, 6) is -1.39. The van der Waals surface area contributed by atoms with Crippen LogP contribution in [0.5, 0.6) is 0 Å². The standard InChI is InChI=1S/C17H30O4/c1-12(14(19)21-15(2,3)4)13(18)17(20-7)10-8-16(5,6)9-11-17/h12H,8-11H2,1-7H3. The first kappa shape index (κ1) is 18.1. The first-order valence-electron chi connectivity index (χ1n) is 7.75. The van der Waals surface area contributed by atoms with Gasteiger partial charge >= 0.3 is 5.97 Å². The van der Waals surface area contributed by atoms with Crippen LogP contribution in [0.25, 0.3) is 0 Å². The van der Waals surface area contributed by atoms with Crippen LogP contribution in [0.2, 0.25) is 0 Å². The first-order chi connectivity index (χ1) is 9.42. The van der Waals surface area contributed by atoms with E-state index in [9.17, 15) is 9.59 Å². The SMILES string of the molecule is COC1(C(=O)C(C)C(=O)OC(C)(C)C)CCC(C)(C)CC1. The molecule has 0 spiro atoms. The van der Waals surface area contributed by atoms with Crippen molar-refractivity contribution in [2.45, 2.75) is 78.4 Å². The predicted octanol–water partition coefficient (Wildman–Crippen LogP) is 3.52. The van der Waals surface area contributed by atoms with Crippen molar-refractivity contribution in [3.8, 4) is 0 Å². The molecule has 0 aromatic carbocycles. The molecule has 1 unspecified atom stereocenters. The maximum atomic E-state index is 12.8. The number of carbonyl (C=O) groups excluding carboxylic acids is 2. The molecule has 0 radical (unpaired) electrons. The molecule has 1 atom stereocenters. The van der Waals surface area contributed by atoms with Gasteiger partial charge in [0.15, 0.2) is 5.78 Å². The van der Waals surface area contributed by atoms with Crippen LogP contribution in [0.4, 0.5) is 0 Å². The van der Waals surface area contributed by atoms with Crippen LogP contribution in [-0.4, -0.2) is 30.1 Å². The molecule has 0 saturated heterocycles. The minimum atomic E-state index is -0.828. The molecule has 0 heterocycles. The van der Waals surface area contributed by atoms with Crippen molar-refractivity contribution in [2.75, 3.05) is 7.11 Å². The zero-order valence-corrected chi connectivity index (χ0v) is 14.5. The third kappa shape index (κ3) is 4.53. The van der Waals surface area contributed by atoms with Gasteiger partial charge in [0.05, 0.1) is 0 Å². The van der Waals surface area contributed by atoms with Gasteiger partial charge in [-0.05, 0) is 58.8 Å². The van der Waals surface area contributed by atoms with Crippen molar-refractivity contribution in [1.29, 1.82) is 0 Å². The summed E-state index contributed by atoms with van der Waals surface area (Å²) in [6.45, 7) is 11.4. The fraction of sp³-hybridized carbons (Fsp3) is 0.882. The largest absolute Gasteiger partial charge is 0.459 e. The van der Waals surface area contributed by atoms with Crippen LogP contribution in [0.15, 0.2) is 0 Å². The monoisotopic (exact) mass is 298 g/mol. The zero-order chi connectivity index (χ0) is 16.5. The fourth-order valence-corrected chi connectivity index (χ4v) is 2.77. The molecular weight excluding hydrogens is 268 g/mol. The van der Waals surface area contributed by atoms with Gasteiger partial charge in [-0.15, -0.1) is 0 Å². The summed E-state index contributed by atoms with van der Waals surface area (Å²) in [6, 6.07) is 0. The van der Waals surface area contributed by atoms with Crippen molar-refractivity contribution < 1.29 is 19.1 Å². The second-order valence-corrected chi connectivity index (χ2v) is 7.98. The fourth-order valence-electron chi connectivity index (χ4n) is 2.77. The molecule has 0 aromatic rings. The molecule has 1 rings (SSSR count). The Kier molecular flexibility index (Phi) is 5.25. The van der Waals surface area contributed by atoms with Gasteiger partial charge in [-0.1, -0.05) is 13.8 Å². The molecule has 1 aliphatic carbocycles. The number of hydrogen-bond acceptors (Lipinski definition) is 4. The van der Waals surface area contributed by atoms with Gasteiger partial charge in [-0.25, -0.2) is 0 Å². The average Bonchev–Trinajstić information content (AvgIpc) is 2.36. The Morgan fingerprint density at radius 2 is 1.52 bits per heavy atom. The van der Waals surface area contributed by atoms with Gasteiger partial charge in [0.1, 0.15) is 17.1 Å². The van der Waals surface area contributed by atoms with Crippen LogP contribution < -0.4 is 0 Å². The summed E-state index contributed by atoms with van der Waals surface area (Å²) < 4.78 is 10.9. The number of ether oxygens (including phenoxy) is 2. The molecule has 21 heavy (non-hydrogen) atoms. The van der Waals surface area contributed by atoms with Crippen molar-refractivity contribution in [2.24, 2.45) is 11.3 Å². The van der Waals surface area contributed by atoms with Gasteiger partial charge in [-0.2, -0.15) is 0 Å². The van der Waals surface area contributed by atoms with E-state index in [4.69, 9.17) is 9.47 Å². The first-order valence-corrected chi connectivity index (χ1v) is 7.75. The lowest BCUT2D eigenvalue weighted by atomic mass is 9.68. The highest BCUT2D eigenvalue weighted by molar-refractivity contribution is 6.03. The van der Waals surface area contributed by atoms with E-state index < -0.39 is 23.1 Å². The molecule has 122 valence electrons. The number of methoxy groups -OCH3 is 1. The van der Waals surface area contributed by atoms with Crippen LogP contribution >= 0.6 is 0 Å². The number of Topliss-reactive ketones (excluding diaryl/α,β-unsaturated/α-hetero) is 1. The number of hydrogen-bond donors (Lipinski definition) is 0. The molecule has 0 N–H and O–H groups in total. The normalized spacial score (nSPS) is 22.4. The Balaban J connectivity index is 2.82. The minimum absolute atomic E-state index is 0.144. The quantitative estimate of drug-likeness (QED) is 0.588. The smallest absolute Gasteiger partial charge is 0.316 e. The van der Waals surface area contributed by atoms with Crippen LogP contribution in [-0.2, 0) is 19.1 Å².